The lowest BCUT2D eigenvalue weighted by Gasteiger charge is -2.23. The number of hydrogen-bond donors (Lipinski definition) is 0. The second kappa shape index (κ2) is 6.26. The highest BCUT2D eigenvalue weighted by atomic mass is 35.5. The average Bonchev–Trinajstić information content (AvgIpc) is 2.64. The quantitative estimate of drug-likeness (QED) is 0.656. The molecule has 0 bridgehead atoms. The zero-order chi connectivity index (χ0) is 17.4. The third-order valence-electron chi connectivity index (χ3n) is 4.48. The number of halogens is 1. The molecule has 0 saturated heterocycles. The molecule has 3 nitrogen and oxygen atoms in total. The molecule has 0 spiro atoms. The summed E-state index contributed by atoms with van der Waals surface area (Å²) in [5, 5.41) is 0.686. The number of fused-ring (bicyclic) bond motifs is 1. The highest BCUT2D eigenvalue weighted by Gasteiger charge is 2.27. The van der Waals surface area contributed by atoms with Crippen LogP contribution in [0.5, 0.6) is 0 Å². The van der Waals surface area contributed by atoms with Gasteiger partial charge in [0.2, 0.25) is 0 Å². The molecule has 0 amide bonds. The van der Waals surface area contributed by atoms with Gasteiger partial charge in [0.05, 0.1) is 11.4 Å². The van der Waals surface area contributed by atoms with Crippen LogP contribution < -0.4 is 0 Å². The average molecular weight is 347 g/mol. The van der Waals surface area contributed by atoms with Gasteiger partial charge in [-0.25, -0.2) is 0 Å². The first-order chi connectivity index (χ1) is 12.1. The van der Waals surface area contributed by atoms with E-state index >= 15 is 0 Å². The van der Waals surface area contributed by atoms with Crippen LogP contribution in [0.2, 0.25) is 5.02 Å². The van der Waals surface area contributed by atoms with E-state index in [-0.39, 0.29) is 11.7 Å². The summed E-state index contributed by atoms with van der Waals surface area (Å²) in [6.07, 6.45) is 6.97. The predicted octanol–water partition coefficient (Wildman–Crippen LogP) is 4.99. The fourth-order valence-corrected chi connectivity index (χ4v) is 3.58. The van der Waals surface area contributed by atoms with Gasteiger partial charge in [-0.05, 0) is 54.5 Å². The second-order valence-corrected chi connectivity index (χ2v) is 6.44. The van der Waals surface area contributed by atoms with E-state index in [1.807, 2.05) is 55.5 Å². The first-order valence-electron chi connectivity index (χ1n) is 8.04. The molecule has 0 N–H and O–H groups in total. The molecule has 25 heavy (non-hydrogen) atoms. The summed E-state index contributed by atoms with van der Waals surface area (Å²) in [6, 6.07) is 13.4. The Labute approximate surface area is 151 Å². The molecule has 1 unspecified atom stereocenters. The van der Waals surface area contributed by atoms with E-state index in [9.17, 15) is 4.79 Å². The molecule has 122 valence electrons. The number of hydrogen-bond acceptors (Lipinski definition) is 3. The van der Waals surface area contributed by atoms with Crippen LogP contribution in [0.3, 0.4) is 0 Å². The number of carbonyl (C=O) groups excluding carboxylic acids is 1. The standard InChI is InChI=1S/C21H15ClN2O/c1-13-3-2-4-17(22)20(13)16-6-8-19(25)15-5-7-18(24-21(15)16)14-9-11-23-12-10-14/h2-12,16H,1H3. The smallest absolute Gasteiger partial charge is 0.187 e. The van der Waals surface area contributed by atoms with E-state index in [0.717, 1.165) is 28.1 Å². The number of ketones is 1. The monoisotopic (exact) mass is 346 g/mol. The van der Waals surface area contributed by atoms with Crippen molar-refractivity contribution in [3.63, 3.8) is 0 Å². The number of pyridine rings is 2. The van der Waals surface area contributed by atoms with Gasteiger partial charge in [-0.1, -0.05) is 29.8 Å². The summed E-state index contributed by atoms with van der Waals surface area (Å²) in [6.45, 7) is 2.03. The maximum atomic E-state index is 12.3. The Morgan fingerprint density at radius 1 is 1.04 bits per heavy atom. The third kappa shape index (κ3) is 2.77. The van der Waals surface area contributed by atoms with Gasteiger partial charge < -0.3 is 0 Å². The number of carbonyl (C=O) groups is 1. The first-order valence-corrected chi connectivity index (χ1v) is 8.42. The lowest BCUT2D eigenvalue weighted by molar-refractivity contribution is 0.104. The van der Waals surface area contributed by atoms with E-state index in [0.29, 0.717) is 10.6 Å². The molecule has 4 rings (SSSR count). The lowest BCUT2D eigenvalue weighted by atomic mass is 9.84. The van der Waals surface area contributed by atoms with Crippen molar-refractivity contribution in [3.8, 4) is 11.3 Å². The van der Waals surface area contributed by atoms with Gasteiger partial charge in [-0.15, -0.1) is 0 Å². The summed E-state index contributed by atoms with van der Waals surface area (Å²) < 4.78 is 0. The minimum Gasteiger partial charge on any atom is -0.289 e. The van der Waals surface area contributed by atoms with Gasteiger partial charge >= 0.3 is 0 Å². The molecule has 2 aromatic heterocycles. The zero-order valence-electron chi connectivity index (χ0n) is 13.6. The van der Waals surface area contributed by atoms with E-state index in [1.165, 1.54) is 0 Å². The molecule has 0 fully saturated rings. The Morgan fingerprint density at radius 2 is 1.84 bits per heavy atom. The van der Waals surface area contributed by atoms with Gasteiger partial charge in [0.15, 0.2) is 5.78 Å². The number of rotatable bonds is 2. The van der Waals surface area contributed by atoms with Crippen LogP contribution in [0, 0.1) is 6.92 Å². The summed E-state index contributed by atoms with van der Waals surface area (Å²) in [7, 11) is 0. The normalized spacial score (nSPS) is 15.9. The topological polar surface area (TPSA) is 42.9 Å². The first kappa shape index (κ1) is 15.7. The highest BCUT2D eigenvalue weighted by molar-refractivity contribution is 6.31. The molecule has 1 aliphatic rings. The fraction of sp³-hybridized carbons (Fsp3) is 0.0952. The molecule has 1 aliphatic carbocycles. The van der Waals surface area contributed by atoms with Crippen molar-refractivity contribution >= 4 is 17.4 Å². The van der Waals surface area contributed by atoms with Crippen LogP contribution in [0.4, 0.5) is 0 Å². The molecular formula is C21H15ClN2O. The third-order valence-corrected chi connectivity index (χ3v) is 4.81. The van der Waals surface area contributed by atoms with Crippen LogP contribution in [0.1, 0.15) is 33.1 Å². The van der Waals surface area contributed by atoms with Crippen molar-refractivity contribution in [2.24, 2.45) is 0 Å². The molecule has 4 heteroatoms. The van der Waals surface area contributed by atoms with Crippen molar-refractivity contribution in [3.05, 3.63) is 94.4 Å². The lowest BCUT2D eigenvalue weighted by Crippen LogP contribution is -2.15. The molecule has 1 atom stereocenters. The van der Waals surface area contributed by atoms with Gasteiger partial charge in [0.1, 0.15) is 0 Å². The van der Waals surface area contributed by atoms with Gasteiger partial charge in [-0.3, -0.25) is 14.8 Å². The fourth-order valence-electron chi connectivity index (χ4n) is 3.24. The molecule has 3 aromatic rings. The molecule has 0 saturated carbocycles. The molecule has 2 heterocycles. The minimum absolute atomic E-state index is 0.0234. The summed E-state index contributed by atoms with van der Waals surface area (Å²) >= 11 is 6.47. The highest BCUT2D eigenvalue weighted by Crippen LogP contribution is 2.37. The van der Waals surface area contributed by atoms with Gasteiger partial charge in [0, 0.05) is 34.5 Å². The van der Waals surface area contributed by atoms with Gasteiger partial charge in [-0.2, -0.15) is 0 Å². The minimum atomic E-state index is -0.136. The summed E-state index contributed by atoms with van der Waals surface area (Å²) in [4.78, 5) is 21.2. The largest absolute Gasteiger partial charge is 0.289 e. The number of nitrogens with zero attached hydrogens (tertiary/aromatic N) is 2. The molecule has 1 aromatic carbocycles. The van der Waals surface area contributed by atoms with Crippen LogP contribution in [0.25, 0.3) is 11.3 Å². The van der Waals surface area contributed by atoms with Crippen molar-refractivity contribution in [1.82, 2.24) is 9.97 Å². The summed E-state index contributed by atoms with van der Waals surface area (Å²) in [5.41, 5.74) is 5.24. The number of aromatic nitrogens is 2. The zero-order valence-corrected chi connectivity index (χ0v) is 14.4. The van der Waals surface area contributed by atoms with Crippen molar-refractivity contribution < 1.29 is 4.79 Å². The molecule has 0 radical (unpaired) electrons. The number of aryl methyl sites for hydroxylation is 1. The maximum Gasteiger partial charge on any atom is 0.187 e. The second-order valence-electron chi connectivity index (χ2n) is 6.04. The summed E-state index contributed by atoms with van der Waals surface area (Å²) in [5.74, 6) is -0.159. The maximum absolute atomic E-state index is 12.3. The van der Waals surface area contributed by atoms with E-state index < -0.39 is 0 Å². The Kier molecular flexibility index (Phi) is 3.94. The van der Waals surface area contributed by atoms with Crippen LogP contribution in [-0.4, -0.2) is 15.8 Å². The van der Waals surface area contributed by atoms with E-state index in [1.54, 1.807) is 18.5 Å². The van der Waals surface area contributed by atoms with Crippen LogP contribution >= 0.6 is 11.6 Å². The Bertz CT molecular complexity index is 976. The SMILES string of the molecule is Cc1cccc(Cl)c1C1C=CC(=O)c2ccc(-c3ccncc3)nc21. The van der Waals surface area contributed by atoms with Crippen molar-refractivity contribution in [2.45, 2.75) is 12.8 Å². The molecule has 0 aliphatic heterocycles. The van der Waals surface area contributed by atoms with Crippen LogP contribution in [0.15, 0.2) is 67.0 Å². The van der Waals surface area contributed by atoms with Gasteiger partial charge in [0.25, 0.3) is 0 Å². The van der Waals surface area contributed by atoms with E-state index in [4.69, 9.17) is 16.6 Å². The van der Waals surface area contributed by atoms with Crippen LogP contribution in [-0.2, 0) is 0 Å². The molecular weight excluding hydrogens is 332 g/mol. The van der Waals surface area contributed by atoms with Crippen molar-refractivity contribution in [1.29, 1.82) is 0 Å². The van der Waals surface area contributed by atoms with Crippen molar-refractivity contribution in [2.75, 3.05) is 0 Å². The Balaban J connectivity index is 1.91. The number of benzene rings is 1. The number of allylic oxidation sites excluding steroid dienone is 2. The predicted molar refractivity (Wildman–Crippen MR) is 99.0 cm³/mol. The Morgan fingerprint density at radius 3 is 2.60 bits per heavy atom. The Hall–Kier alpha value is -2.78. The van der Waals surface area contributed by atoms with E-state index in [2.05, 4.69) is 4.98 Å².